The van der Waals surface area contributed by atoms with E-state index in [1.807, 2.05) is 13.8 Å². The van der Waals surface area contributed by atoms with Gasteiger partial charge in [-0.25, -0.2) is 19.3 Å². The Hall–Kier alpha value is -2.61. The SMILES string of the molecule is CC(C)CNC1NC(=O)N(c2ccc(C(=O)O)cc2)C(=O)N1. The minimum absolute atomic E-state index is 0.0815. The van der Waals surface area contributed by atoms with E-state index in [1.165, 1.54) is 24.3 Å². The van der Waals surface area contributed by atoms with E-state index >= 15 is 0 Å². The van der Waals surface area contributed by atoms with Gasteiger partial charge in [-0.2, -0.15) is 0 Å². The molecule has 0 unspecified atom stereocenters. The van der Waals surface area contributed by atoms with Gasteiger partial charge in [0.05, 0.1) is 11.3 Å². The highest BCUT2D eigenvalue weighted by atomic mass is 16.4. The van der Waals surface area contributed by atoms with Crippen LogP contribution in [0.15, 0.2) is 24.3 Å². The van der Waals surface area contributed by atoms with Gasteiger partial charge in [0.25, 0.3) is 0 Å². The third-order valence-corrected chi connectivity index (χ3v) is 3.04. The summed E-state index contributed by atoms with van der Waals surface area (Å²) in [6.45, 7) is 4.66. The van der Waals surface area contributed by atoms with Crippen LogP contribution in [0.3, 0.4) is 0 Å². The van der Waals surface area contributed by atoms with Crippen LogP contribution in [0, 0.1) is 5.92 Å². The first-order chi connectivity index (χ1) is 10.4. The first-order valence-corrected chi connectivity index (χ1v) is 6.86. The lowest BCUT2D eigenvalue weighted by molar-refractivity contribution is 0.0697. The maximum absolute atomic E-state index is 12.1. The third kappa shape index (κ3) is 3.53. The Labute approximate surface area is 127 Å². The number of aromatic carboxylic acids is 1. The largest absolute Gasteiger partial charge is 0.478 e. The van der Waals surface area contributed by atoms with E-state index in [2.05, 4.69) is 16.0 Å². The zero-order chi connectivity index (χ0) is 16.3. The molecule has 0 aliphatic carbocycles. The Morgan fingerprint density at radius 3 is 2.23 bits per heavy atom. The fourth-order valence-corrected chi connectivity index (χ4v) is 1.95. The molecule has 4 N–H and O–H groups in total. The molecule has 0 bridgehead atoms. The van der Waals surface area contributed by atoms with Gasteiger partial charge in [0.2, 0.25) is 0 Å². The summed E-state index contributed by atoms with van der Waals surface area (Å²) >= 11 is 0. The number of imide groups is 1. The van der Waals surface area contributed by atoms with E-state index < -0.39 is 24.3 Å². The molecule has 8 nitrogen and oxygen atoms in total. The number of amides is 4. The summed E-state index contributed by atoms with van der Waals surface area (Å²) in [5.74, 6) is -0.701. The number of nitrogens with one attached hydrogen (secondary N) is 3. The van der Waals surface area contributed by atoms with Crippen LogP contribution in [0.25, 0.3) is 0 Å². The van der Waals surface area contributed by atoms with Crippen molar-refractivity contribution in [3.05, 3.63) is 29.8 Å². The van der Waals surface area contributed by atoms with Crippen LogP contribution in [-0.2, 0) is 0 Å². The zero-order valence-electron chi connectivity index (χ0n) is 12.3. The van der Waals surface area contributed by atoms with Crippen LogP contribution < -0.4 is 20.9 Å². The molecule has 1 aliphatic heterocycles. The molecule has 1 aliphatic rings. The van der Waals surface area contributed by atoms with E-state index in [0.717, 1.165) is 4.90 Å². The number of carbonyl (C=O) groups is 3. The number of carboxylic acids is 1. The molecule has 118 valence electrons. The van der Waals surface area contributed by atoms with Crippen molar-refractivity contribution in [1.29, 1.82) is 0 Å². The molecule has 1 saturated heterocycles. The summed E-state index contributed by atoms with van der Waals surface area (Å²) in [6, 6.07) is 4.33. The smallest absolute Gasteiger partial charge is 0.335 e. The highest BCUT2D eigenvalue weighted by molar-refractivity contribution is 6.15. The third-order valence-electron chi connectivity index (χ3n) is 3.04. The predicted octanol–water partition coefficient (Wildman–Crippen LogP) is 1.15. The molecule has 0 saturated carbocycles. The van der Waals surface area contributed by atoms with Crippen LogP contribution in [0.5, 0.6) is 0 Å². The lowest BCUT2D eigenvalue weighted by atomic mass is 10.2. The van der Waals surface area contributed by atoms with Crippen molar-refractivity contribution in [2.75, 3.05) is 11.4 Å². The predicted molar refractivity (Wildman–Crippen MR) is 79.6 cm³/mol. The van der Waals surface area contributed by atoms with Crippen molar-refractivity contribution in [2.45, 2.75) is 20.1 Å². The Kier molecular flexibility index (Phi) is 4.62. The van der Waals surface area contributed by atoms with Gasteiger partial charge < -0.3 is 15.7 Å². The van der Waals surface area contributed by atoms with Gasteiger partial charge in [-0.1, -0.05) is 13.8 Å². The summed E-state index contributed by atoms with van der Waals surface area (Å²) in [5, 5.41) is 17.1. The first kappa shape index (κ1) is 15.8. The van der Waals surface area contributed by atoms with Gasteiger partial charge in [-0.05, 0) is 30.2 Å². The monoisotopic (exact) mass is 306 g/mol. The number of hydrogen-bond donors (Lipinski definition) is 4. The summed E-state index contributed by atoms with van der Waals surface area (Å²) in [6.07, 6.45) is -0.628. The molecule has 1 heterocycles. The number of carbonyl (C=O) groups excluding carboxylic acids is 2. The number of hydrogen-bond acceptors (Lipinski definition) is 4. The Morgan fingerprint density at radius 2 is 1.77 bits per heavy atom. The highest BCUT2D eigenvalue weighted by Gasteiger charge is 2.32. The van der Waals surface area contributed by atoms with E-state index in [-0.39, 0.29) is 5.56 Å². The minimum atomic E-state index is -1.07. The molecule has 22 heavy (non-hydrogen) atoms. The van der Waals surface area contributed by atoms with Crippen molar-refractivity contribution in [3.8, 4) is 0 Å². The maximum Gasteiger partial charge on any atom is 0.335 e. The minimum Gasteiger partial charge on any atom is -0.478 e. The standard InChI is InChI=1S/C14H18N4O4/c1-8(2)7-15-12-16-13(21)18(14(22)17-12)10-5-3-9(4-6-10)11(19)20/h3-6,8,12,15H,7H2,1-2H3,(H,16,21)(H,17,22)(H,19,20). The van der Waals surface area contributed by atoms with Gasteiger partial charge in [0, 0.05) is 6.54 Å². The van der Waals surface area contributed by atoms with Crippen molar-refractivity contribution in [2.24, 2.45) is 5.92 Å². The lowest BCUT2D eigenvalue weighted by Crippen LogP contribution is -2.68. The zero-order valence-corrected chi connectivity index (χ0v) is 12.3. The van der Waals surface area contributed by atoms with Crippen molar-refractivity contribution in [1.82, 2.24) is 16.0 Å². The molecular weight excluding hydrogens is 288 g/mol. The summed E-state index contributed by atoms with van der Waals surface area (Å²) in [5.41, 5.74) is 0.375. The molecule has 0 radical (unpaired) electrons. The second kappa shape index (κ2) is 6.44. The molecular formula is C14H18N4O4. The Bertz CT molecular complexity index is 567. The van der Waals surface area contributed by atoms with Crippen LogP contribution in [-0.4, -0.2) is 36.0 Å². The summed E-state index contributed by atoms with van der Waals surface area (Å²) in [7, 11) is 0. The number of urea groups is 2. The molecule has 2 rings (SSSR count). The van der Waals surface area contributed by atoms with Crippen molar-refractivity contribution < 1.29 is 19.5 Å². The van der Waals surface area contributed by atoms with Crippen LogP contribution in [0.2, 0.25) is 0 Å². The van der Waals surface area contributed by atoms with Crippen molar-refractivity contribution in [3.63, 3.8) is 0 Å². The quantitative estimate of drug-likeness (QED) is 0.652. The second-order valence-corrected chi connectivity index (χ2v) is 5.32. The first-order valence-electron chi connectivity index (χ1n) is 6.86. The second-order valence-electron chi connectivity index (χ2n) is 5.32. The topological polar surface area (TPSA) is 111 Å². The molecule has 0 spiro atoms. The average molecular weight is 306 g/mol. The number of benzene rings is 1. The van der Waals surface area contributed by atoms with Crippen LogP contribution >= 0.6 is 0 Å². The fraction of sp³-hybridized carbons (Fsp3) is 0.357. The van der Waals surface area contributed by atoms with E-state index in [1.54, 1.807) is 0 Å². The van der Waals surface area contributed by atoms with E-state index in [4.69, 9.17) is 5.11 Å². The molecule has 1 aromatic rings. The van der Waals surface area contributed by atoms with Gasteiger partial charge in [-0.3, -0.25) is 5.32 Å². The molecule has 0 atom stereocenters. The van der Waals surface area contributed by atoms with Gasteiger partial charge in [0.15, 0.2) is 6.29 Å². The van der Waals surface area contributed by atoms with E-state index in [9.17, 15) is 14.4 Å². The van der Waals surface area contributed by atoms with Crippen LogP contribution in [0.1, 0.15) is 24.2 Å². The van der Waals surface area contributed by atoms with Crippen molar-refractivity contribution >= 4 is 23.7 Å². The number of carboxylic acid groups (broad SMARTS) is 1. The van der Waals surface area contributed by atoms with Gasteiger partial charge in [0.1, 0.15) is 0 Å². The summed E-state index contributed by atoms with van der Waals surface area (Å²) < 4.78 is 0. The molecule has 4 amide bonds. The fourth-order valence-electron chi connectivity index (χ4n) is 1.95. The molecule has 1 aromatic carbocycles. The van der Waals surface area contributed by atoms with E-state index in [0.29, 0.717) is 18.2 Å². The number of nitrogens with zero attached hydrogens (tertiary/aromatic N) is 1. The number of anilines is 1. The molecule has 8 heteroatoms. The number of rotatable bonds is 5. The van der Waals surface area contributed by atoms with Crippen LogP contribution in [0.4, 0.5) is 15.3 Å². The lowest BCUT2D eigenvalue weighted by Gasteiger charge is -2.33. The summed E-state index contributed by atoms with van der Waals surface area (Å²) in [4.78, 5) is 35.9. The highest BCUT2D eigenvalue weighted by Crippen LogP contribution is 2.17. The Morgan fingerprint density at radius 1 is 1.23 bits per heavy atom. The Balaban J connectivity index is 2.08. The average Bonchev–Trinajstić information content (AvgIpc) is 2.45. The van der Waals surface area contributed by atoms with Gasteiger partial charge in [-0.15, -0.1) is 0 Å². The molecule has 0 aromatic heterocycles. The normalized spacial score (nSPS) is 15.7. The molecule has 1 fully saturated rings. The maximum atomic E-state index is 12.1. The van der Waals surface area contributed by atoms with Gasteiger partial charge >= 0.3 is 18.0 Å².